The number of benzene rings is 1. The van der Waals surface area contributed by atoms with Gasteiger partial charge in [-0.2, -0.15) is 0 Å². The summed E-state index contributed by atoms with van der Waals surface area (Å²) in [7, 11) is 0. The third-order valence-corrected chi connectivity index (χ3v) is 1.65. The monoisotopic (exact) mass is 180 g/mol. The van der Waals surface area contributed by atoms with Gasteiger partial charge < -0.3 is 9.90 Å². The van der Waals surface area contributed by atoms with Crippen LogP contribution in [-0.4, -0.2) is 10.9 Å². The number of carboxylic acids is 1. The van der Waals surface area contributed by atoms with Gasteiger partial charge in [0, 0.05) is 17.7 Å². The SMILES string of the molecule is Cc1ccc([N+](=O)[O-])cc1C(=O)[O-]. The molecule has 1 aromatic carbocycles. The maximum atomic E-state index is 10.5. The normalized spacial score (nSPS) is 9.62. The molecule has 1 aromatic rings. The first-order valence-electron chi connectivity index (χ1n) is 3.49. The van der Waals surface area contributed by atoms with E-state index in [1.165, 1.54) is 12.1 Å². The summed E-state index contributed by atoms with van der Waals surface area (Å²) in [5.74, 6) is -1.40. The quantitative estimate of drug-likeness (QED) is 0.483. The lowest BCUT2D eigenvalue weighted by molar-refractivity contribution is -0.385. The van der Waals surface area contributed by atoms with Gasteiger partial charge in [0.05, 0.1) is 10.9 Å². The van der Waals surface area contributed by atoms with Crippen LogP contribution in [0.1, 0.15) is 15.9 Å². The Balaban J connectivity index is 3.27. The number of non-ortho nitro benzene ring substituents is 1. The van der Waals surface area contributed by atoms with Gasteiger partial charge >= 0.3 is 0 Å². The van der Waals surface area contributed by atoms with Crippen molar-refractivity contribution in [2.45, 2.75) is 6.92 Å². The van der Waals surface area contributed by atoms with E-state index in [2.05, 4.69) is 0 Å². The van der Waals surface area contributed by atoms with Gasteiger partial charge in [0.25, 0.3) is 5.69 Å². The van der Waals surface area contributed by atoms with Crippen LogP contribution in [0.5, 0.6) is 0 Å². The molecule has 0 N–H and O–H groups in total. The number of aryl methyl sites for hydroxylation is 1. The second-order valence-corrected chi connectivity index (χ2v) is 2.54. The van der Waals surface area contributed by atoms with E-state index in [-0.39, 0.29) is 11.3 Å². The number of hydrogen-bond acceptors (Lipinski definition) is 4. The lowest BCUT2D eigenvalue weighted by Crippen LogP contribution is -2.23. The van der Waals surface area contributed by atoms with Gasteiger partial charge in [-0.05, 0) is 12.5 Å². The summed E-state index contributed by atoms with van der Waals surface area (Å²) in [6.45, 7) is 1.55. The molecule has 0 amide bonds. The second kappa shape index (κ2) is 3.22. The molecule has 0 unspecified atom stereocenters. The van der Waals surface area contributed by atoms with Crippen molar-refractivity contribution in [3.05, 3.63) is 39.4 Å². The maximum absolute atomic E-state index is 10.5. The number of carboxylic acid groups (broad SMARTS) is 1. The third kappa shape index (κ3) is 1.81. The predicted octanol–water partition coefficient (Wildman–Crippen LogP) is 0.267. The number of nitro groups is 1. The van der Waals surface area contributed by atoms with Crippen molar-refractivity contribution in [3.8, 4) is 0 Å². The second-order valence-electron chi connectivity index (χ2n) is 2.54. The van der Waals surface area contributed by atoms with Crippen LogP contribution in [0.3, 0.4) is 0 Å². The van der Waals surface area contributed by atoms with Crippen molar-refractivity contribution >= 4 is 11.7 Å². The molecule has 0 radical (unpaired) electrons. The molecule has 0 aliphatic carbocycles. The zero-order valence-electron chi connectivity index (χ0n) is 6.81. The van der Waals surface area contributed by atoms with Crippen LogP contribution >= 0.6 is 0 Å². The van der Waals surface area contributed by atoms with Gasteiger partial charge in [-0.25, -0.2) is 0 Å². The van der Waals surface area contributed by atoms with Crippen LogP contribution in [0.25, 0.3) is 0 Å². The molecule has 0 spiro atoms. The molecule has 5 nitrogen and oxygen atoms in total. The first-order valence-corrected chi connectivity index (χ1v) is 3.49. The van der Waals surface area contributed by atoms with E-state index in [0.29, 0.717) is 5.56 Å². The smallest absolute Gasteiger partial charge is 0.270 e. The molecule has 13 heavy (non-hydrogen) atoms. The average molecular weight is 180 g/mol. The van der Waals surface area contributed by atoms with E-state index in [1.807, 2.05) is 0 Å². The molecule has 68 valence electrons. The van der Waals surface area contributed by atoms with Crippen LogP contribution in [0.4, 0.5) is 5.69 Å². The van der Waals surface area contributed by atoms with E-state index < -0.39 is 10.9 Å². The van der Waals surface area contributed by atoms with E-state index in [0.717, 1.165) is 6.07 Å². The Labute approximate surface area is 73.8 Å². The molecule has 0 aliphatic rings. The third-order valence-electron chi connectivity index (χ3n) is 1.65. The number of nitro benzene ring substituents is 1. The zero-order valence-corrected chi connectivity index (χ0v) is 6.81. The minimum Gasteiger partial charge on any atom is -0.545 e. The van der Waals surface area contributed by atoms with E-state index >= 15 is 0 Å². The molecule has 0 bridgehead atoms. The Morgan fingerprint density at radius 2 is 2.08 bits per heavy atom. The fourth-order valence-electron chi connectivity index (χ4n) is 0.943. The van der Waals surface area contributed by atoms with Crippen molar-refractivity contribution in [1.82, 2.24) is 0 Å². The van der Waals surface area contributed by atoms with Crippen LogP contribution in [0.2, 0.25) is 0 Å². The molecule has 5 heteroatoms. The molecule has 0 heterocycles. The molecule has 0 saturated carbocycles. The maximum Gasteiger partial charge on any atom is 0.270 e. The minimum absolute atomic E-state index is 0.144. The highest BCUT2D eigenvalue weighted by Crippen LogP contribution is 2.16. The summed E-state index contributed by atoms with van der Waals surface area (Å²) in [5, 5.41) is 20.7. The Hall–Kier alpha value is -1.91. The Kier molecular flexibility index (Phi) is 2.27. The van der Waals surface area contributed by atoms with Crippen molar-refractivity contribution in [1.29, 1.82) is 0 Å². The highest BCUT2D eigenvalue weighted by Gasteiger charge is 2.08. The van der Waals surface area contributed by atoms with E-state index in [9.17, 15) is 20.0 Å². The molecule has 1 rings (SSSR count). The average Bonchev–Trinajstić information content (AvgIpc) is 2.04. The highest BCUT2D eigenvalue weighted by molar-refractivity contribution is 5.88. The summed E-state index contributed by atoms with van der Waals surface area (Å²) in [6, 6.07) is 3.62. The Bertz CT molecular complexity index is 372. The molecule has 0 aromatic heterocycles. The van der Waals surface area contributed by atoms with Crippen LogP contribution < -0.4 is 5.11 Å². The lowest BCUT2D eigenvalue weighted by atomic mass is 10.1. The van der Waals surface area contributed by atoms with Gasteiger partial charge in [0.15, 0.2) is 0 Å². The lowest BCUT2D eigenvalue weighted by Gasteiger charge is -2.05. The molecule has 0 atom stereocenters. The van der Waals surface area contributed by atoms with E-state index in [4.69, 9.17) is 0 Å². The topological polar surface area (TPSA) is 83.3 Å². The Morgan fingerprint density at radius 1 is 1.46 bits per heavy atom. The summed E-state index contributed by atoms with van der Waals surface area (Å²) < 4.78 is 0. The van der Waals surface area contributed by atoms with Gasteiger partial charge in [0.2, 0.25) is 0 Å². The van der Waals surface area contributed by atoms with Gasteiger partial charge in [-0.3, -0.25) is 10.1 Å². The first-order chi connectivity index (χ1) is 6.02. The summed E-state index contributed by atoms with van der Waals surface area (Å²) in [5.41, 5.74) is 0.0598. The molecule has 0 saturated heterocycles. The van der Waals surface area contributed by atoms with Crippen LogP contribution in [0, 0.1) is 17.0 Å². The van der Waals surface area contributed by atoms with Gasteiger partial charge in [-0.15, -0.1) is 0 Å². The molecule has 0 fully saturated rings. The number of carbonyl (C=O) groups excluding carboxylic acids is 1. The minimum atomic E-state index is -1.40. The molecule has 0 aliphatic heterocycles. The molecular weight excluding hydrogens is 174 g/mol. The number of rotatable bonds is 2. The predicted molar refractivity (Wildman–Crippen MR) is 42.2 cm³/mol. The fraction of sp³-hybridized carbons (Fsp3) is 0.125. The van der Waals surface area contributed by atoms with Gasteiger partial charge in [-0.1, -0.05) is 6.07 Å². The number of nitrogens with zero attached hydrogens (tertiary/aromatic N) is 1. The standard InChI is InChI=1S/C8H7NO4/c1-5-2-3-6(9(12)13)4-7(5)8(10)11/h2-4H,1H3,(H,10,11)/p-1. The number of hydrogen-bond donors (Lipinski definition) is 0. The van der Waals surface area contributed by atoms with Crippen LogP contribution in [-0.2, 0) is 0 Å². The highest BCUT2D eigenvalue weighted by atomic mass is 16.6. The van der Waals surface area contributed by atoms with Crippen LogP contribution in [0.15, 0.2) is 18.2 Å². The van der Waals surface area contributed by atoms with Crippen molar-refractivity contribution < 1.29 is 14.8 Å². The summed E-state index contributed by atoms with van der Waals surface area (Å²) in [6.07, 6.45) is 0. The zero-order chi connectivity index (χ0) is 10.0. The van der Waals surface area contributed by atoms with Crippen molar-refractivity contribution in [3.63, 3.8) is 0 Å². The number of carbonyl (C=O) groups is 1. The number of aromatic carboxylic acids is 1. The first kappa shape index (κ1) is 9.18. The van der Waals surface area contributed by atoms with Crippen molar-refractivity contribution in [2.75, 3.05) is 0 Å². The van der Waals surface area contributed by atoms with E-state index in [1.54, 1.807) is 6.92 Å². The van der Waals surface area contributed by atoms with Crippen molar-refractivity contribution in [2.24, 2.45) is 0 Å². The fourth-order valence-corrected chi connectivity index (χ4v) is 0.943. The largest absolute Gasteiger partial charge is 0.545 e. The van der Waals surface area contributed by atoms with Gasteiger partial charge in [0.1, 0.15) is 0 Å². The molecular formula is C8H6NO4-. The summed E-state index contributed by atoms with van der Waals surface area (Å²) in [4.78, 5) is 20.1. The Morgan fingerprint density at radius 3 is 2.54 bits per heavy atom. The summed E-state index contributed by atoms with van der Waals surface area (Å²) >= 11 is 0.